The number of nitrogens with zero attached hydrogens (tertiary/aromatic N) is 6. The van der Waals surface area contributed by atoms with Crippen molar-refractivity contribution < 1.29 is 9.59 Å². The molecule has 0 bridgehead atoms. The average Bonchev–Trinajstić information content (AvgIpc) is 3.30. The van der Waals surface area contributed by atoms with E-state index in [1.165, 1.54) is 10.0 Å². The predicted molar refractivity (Wildman–Crippen MR) is 152 cm³/mol. The van der Waals surface area contributed by atoms with Crippen LogP contribution in [0.15, 0.2) is 70.1 Å². The van der Waals surface area contributed by atoms with Gasteiger partial charge in [-0.25, -0.2) is 0 Å². The lowest BCUT2D eigenvalue weighted by molar-refractivity contribution is -0.115. The van der Waals surface area contributed by atoms with E-state index < -0.39 is 0 Å². The van der Waals surface area contributed by atoms with Gasteiger partial charge in [0, 0.05) is 38.6 Å². The number of rotatable bonds is 4. The Morgan fingerprint density at radius 3 is 1.32 bits per heavy atom. The van der Waals surface area contributed by atoms with Crippen LogP contribution in [0.3, 0.4) is 0 Å². The molecule has 3 heterocycles. The number of carbonyl (C=O) groups is 2. The summed E-state index contributed by atoms with van der Waals surface area (Å²) in [5, 5.41) is 12.1. The van der Waals surface area contributed by atoms with Crippen LogP contribution in [0, 0.1) is 27.7 Å². The minimum atomic E-state index is -0.103. The SMILES string of the molecule is CC1=NN(c2ccc(C)cc2C)C(=O)/C1=C\N1CCN(/C=C2\C(=O)N(c3ccc(C)cc3C)N=C2C)CC1. The molecule has 38 heavy (non-hydrogen) atoms. The second-order valence-electron chi connectivity index (χ2n) is 10.3. The van der Waals surface area contributed by atoms with Crippen molar-refractivity contribution in [3.8, 4) is 0 Å². The number of hydrogen-bond donors (Lipinski definition) is 0. The van der Waals surface area contributed by atoms with Crippen molar-refractivity contribution in [2.24, 2.45) is 10.2 Å². The Bertz CT molecular complexity index is 1330. The van der Waals surface area contributed by atoms with E-state index in [9.17, 15) is 9.59 Å². The second kappa shape index (κ2) is 9.93. The first kappa shape index (κ1) is 25.4. The molecule has 0 atom stereocenters. The first-order chi connectivity index (χ1) is 18.1. The molecule has 3 aliphatic heterocycles. The highest BCUT2D eigenvalue weighted by Gasteiger charge is 2.32. The summed E-state index contributed by atoms with van der Waals surface area (Å²) in [4.78, 5) is 30.8. The fourth-order valence-corrected chi connectivity index (χ4v) is 5.11. The van der Waals surface area contributed by atoms with Crippen LogP contribution in [0.1, 0.15) is 36.1 Å². The number of hydrogen-bond acceptors (Lipinski definition) is 6. The smallest absolute Gasteiger partial charge is 0.282 e. The Kier molecular flexibility index (Phi) is 6.65. The van der Waals surface area contributed by atoms with E-state index in [2.05, 4.69) is 32.1 Å². The summed E-state index contributed by atoms with van der Waals surface area (Å²) in [7, 11) is 0. The number of amides is 2. The van der Waals surface area contributed by atoms with E-state index in [-0.39, 0.29) is 11.8 Å². The zero-order valence-electron chi connectivity index (χ0n) is 22.9. The van der Waals surface area contributed by atoms with E-state index in [1.54, 1.807) is 0 Å². The first-order valence-electron chi connectivity index (χ1n) is 13.0. The molecule has 0 radical (unpaired) electrons. The van der Waals surface area contributed by atoms with Gasteiger partial charge in [-0.05, 0) is 64.8 Å². The van der Waals surface area contributed by atoms with Crippen molar-refractivity contribution in [3.63, 3.8) is 0 Å². The lowest BCUT2D eigenvalue weighted by Gasteiger charge is -2.34. The Hall–Kier alpha value is -4.20. The van der Waals surface area contributed by atoms with Crippen molar-refractivity contribution in [2.75, 3.05) is 36.2 Å². The van der Waals surface area contributed by atoms with Gasteiger partial charge in [0.25, 0.3) is 11.8 Å². The molecule has 5 rings (SSSR count). The fourth-order valence-electron chi connectivity index (χ4n) is 5.11. The van der Waals surface area contributed by atoms with Gasteiger partial charge in [0.15, 0.2) is 0 Å². The second-order valence-corrected chi connectivity index (χ2v) is 10.3. The van der Waals surface area contributed by atoms with Gasteiger partial charge in [0.05, 0.1) is 33.9 Å². The maximum absolute atomic E-state index is 13.2. The molecule has 0 N–H and O–H groups in total. The van der Waals surface area contributed by atoms with E-state index in [0.29, 0.717) is 11.1 Å². The van der Waals surface area contributed by atoms with Crippen molar-refractivity contribution in [2.45, 2.75) is 41.5 Å². The van der Waals surface area contributed by atoms with Gasteiger partial charge < -0.3 is 9.80 Å². The highest BCUT2D eigenvalue weighted by molar-refractivity contribution is 6.30. The lowest BCUT2D eigenvalue weighted by Crippen LogP contribution is -2.42. The molecule has 0 aromatic heterocycles. The molecule has 0 aliphatic carbocycles. The maximum Gasteiger partial charge on any atom is 0.282 e. The van der Waals surface area contributed by atoms with Crippen LogP contribution < -0.4 is 10.0 Å². The standard InChI is InChI=1S/C30H34N6O2/c1-19-7-9-27(21(3)15-19)35-29(37)25(23(5)31-35)17-33-11-13-34(14-12-33)18-26-24(6)32-36(30(26)38)28-10-8-20(2)16-22(28)4/h7-10,15-18H,11-14H2,1-6H3/b25-17-,26-18-. The van der Waals surface area contributed by atoms with Gasteiger partial charge in [-0.1, -0.05) is 35.4 Å². The third-order valence-corrected chi connectivity index (χ3v) is 7.26. The Balaban J connectivity index is 1.25. The van der Waals surface area contributed by atoms with Crippen molar-refractivity contribution in [1.29, 1.82) is 0 Å². The third-order valence-electron chi connectivity index (χ3n) is 7.26. The number of anilines is 2. The summed E-state index contributed by atoms with van der Waals surface area (Å²) in [6.07, 6.45) is 3.87. The summed E-state index contributed by atoms with van der Waals surface area (Å²) in [6, 6.07) is 12.0. The van der Waals surface area contributed by atoms with Crippen molar-refractivity contribution in [1.82, 2.24) is 9.80 Å². The quantitative estimate of drug-likeness (QED) is 0.570. The molecule has 1 saturated heterocycles. The molecular formula is C30H34N6O2. The van der Waals surface area contributed by atoms with E-state index in [1.807, 2.05) is 78.2 Å². The monoisotopic (exact) mass is 510 g/mol. The summed E-state index contributed by atoms with van der Waals surface area (Å²) < 4.78 is 0. The van der Waals surface area contributed by atoms with Crippen LogP contribution in [0.2, 0.25) is 0 Å². The Morgan fingerprint density at radius 2 is 0.974 bits per heavy atom. The van der Waals surface area contributed by atoms with Crippen LogP contribution in [0.4, 0.5) is 11.4 Å². The third kappa shape index (κ3) is 4.74. The van der Waals surface area contributed by atoms with Gasteiger partial charge in [0.2, 0.25) is 0 Å². The van der Waals surface area contributed by atoms with Crippen LogP contribution in [0.5, 0.6) is 0 Å². The van der Waals surface area contributed by atoms with Crippen LogP contribution in [0.25, 0.3) is 0 Å². The van der Waals surface area contributed by atoms with E-state index in [0.717, 1.165) is 71.2 Å². The van der Waals surface area contributed by atoms with Gasteiger partial charge >= 0.3 is 0 Å². The zero-order chi connectivity index (χ0) is 27.1. The Labute approximate surface area is 224 Å². The lowest BCUT2D eigenvalue weighted by atomic mass is 10.1. The topological polar surface area (TPSA) is 71.8 Å². The van der Waals surface area contributed by atoms with E-state index >= 15 is 0 Å². The zero-order valence-corrected chi connectivity index (χ0v) is 22.9. The minimum absolute atomic E-state index is 0.103. The van der Waals surface area contributed by atoms with Crippen molar-refractivity contribution >= 4 is 34.6 Å². The molecular weight excluding hydrogens is 476 g/mol. The maximum atomic E-state index is 13.2. The normalized spacial score (nSPS) is 20.3. The number of hydrazone groups is 2. The summed E-state index contributed by atoms with van der Waals surface area (Å²) >= 11 is 0. The van der Waals surface area contributed by atoms with Gasteiger partial charge in [0.1, 0.15) is 0 Å². The van der Waals surface area contributed by atoms with Gasteiger partial charge in [-0.2, -0.15) is 20.2 Å². The molecule has 1 fully saturated rings. The minimum Gasteiger partial charge on any atom is -0.373 e. The molecule has 3 aliphatic rings. The fraction of sp³-hybridized carbons (Fsp3) is 0.333. The molecule has 8 heteroatoms. The Morgan fingerprint density at radius 1 is 0.605 bits per heavy atom. The highest BCUT2D eigenvalue weighted by atomic mass is 16.2. The molecule has 196 valence electrons. The molecule has 2 aromatic carbocycles. The highest BCUT2D eigenvalue weighted by Crippen LogP contribution is 2.29. The predicted octanol–water partition coefficient (Wildman–Crippen LogP) is 4.45. The van der Waals surface area contributed by atoms with Gasteiger partial charge in [-0.15, -0.1) is 0 Å². The molecule has 0 unspecified atom stereocenters. The molecule has 2 aromatic rings. The summed E-state index contributed by atoms with van der Waals surface area (Å²) in [5.74, 6) is -0.206. The molecule has 8 nitrogen and oxygen atoms in total. The summed E-state index contributed by atoms with van der Waals surface area (Å²) in [6.45, 7) is 14.8. The van der Waals surface area contributed by atoms with Crippen LogP contribution in [-0.2, 0) is 9.59 Å². The first-order valence-corrected chi connectivity index (χ1v) is 13.0. The summed E-state index contributed by atoms with van der Waals surface area (Å²) in [5.41, 5.74) is 8.65. The average molecular weight is 511 g/mol. The molecule has 0 spiro atoms. The van der Waals surface area contributed by atoms with Crippen LogP contribution in [-0.4, -0.2) is 59.2 Å². The van der Waals surface area contributed by atoms with Crippen LogP contribution >= 0.6 is 0 Å². The number of benzene rings is 2. The number of aryl methyl sites for hydroxylation is 4. The number of carbonyl (C=O) groups excluding carboxylic acids is 2. The number of piperazine rings is 1. The van der Waals surface area contributed by atoms with Gasteiger partial charge in [-0.3, -0.25) is 9.59 Å². The van der Waals surface area contributed by atoms with E-state index in [4.69, 9.17) is 0 Å². The molecule has 2 amide bonds. The largest absolute Gasteiger partial charge is 0.373 e. The molecule has 0 saturated carbocycles. The van der Waals surface area contributed by atoms with Crippen molar-refractivity contribution in [3.05, 3.63) is 82.2 Å².